The number of benzene rings is 1. The van der Waals surface area contributed by atoms with E-state index in [0.29, 0.717) is 22.4 Å². The molecule has 1 fully saturated rings. The van der Waals surface area contributed by atoms with Crippen LogP contribution in [-0.4, -0.2) is 16.9 Å². The van der Waals surface area contributed by atoms with Crippen molar-refractivity contribution < 1.29 is 4.79 Å². The average molecular weight is 316 g/mol. The largest absolute Gasteiger partial charge is 0.381 e. The molecular formula is C17H18ClN3O. The van der Waals surface area contributed by atoms with Crippen LogP contribution in [-0.2, 0) is 0 Å². The molecule has 1 saturated carbocycles. The van der Waals surface area contributed by atoms with Gasteiger partial charge in [0.05, 0.1) is 11.9 Å². The minimum Gasteiger partial charge on any atom is -0.381 e. The van der Waals surface area contributed by atoms with Crippen molar-refractivity contribution in [2.45, 2.75) is 31.7 Å². The summed E-state index contributed by atoms with van der Waals surface area (Å²) in [6, 6.07) is 11.1. The molecule has 1 heterocycles. The van der Waals surface area contributed by atoms with E-state index in [9.17, 15) is 4.79 Å². The maximum Gasteiger partial charge on any atom is 0.256 e. The number of carbonyl (C=O) groups is 1. The van der Waals surface area contributed by atoms with Crippen LogP contribution in [0.15, 0.2) is 42.6 Å². The Morgan fingerprint density at radius 2 is 2.00 bits per heavy atom. The van der Waals surface area contributed by atoms with Gasteiger partial charge in [-0.15, -0.1) is 0 Å². The van der Waals surface area contributed by atoms with E-state index in [-0.39, 0.29) is 5.91 Å². The van der Waals surface area contributed by atoms with E-state index >= 15 is 0 Å². The lowest BCUT2D eigenvalue weighted by atomic mass is 10.2. The molecule has 1 aromatic carbocycles. The lowest BCUT2D eigenvalue weighted by molar-refractivity contribution is 0.102. The number of pyridine rings is 1. The number of aromatic nitrogens is 1. The highest BCUT2D eigenvalue weighted by Crippen LogP contribution is 2.22. The van der Waals surface area contributed by atoms with Crippen molar-refractivity contribution in [3.8, 4) is 0 Å². The Hall–Kier alpha value is -2.07. The van der Waals surface area contributed by atoms with Crippen molar-refractivity contribution in [1.82, 2.24) is 4.98 Å². The highest BCUT2D eigenvalue weighted by atomic mass is 35.5. The Bertz CT molecular complexity index is 651. The highest BCUT2D eigenvalue weighted by Gasteiger charge is 2.14. The molecule has 4 nitrogen and oxygen atoms in total. The van der Waals surface area contributed by atoms with Crippen LogP contribution >= 0.6 is 11.6 Å². The SMILES string of the molecule is O=C(Nc1ccc(NC2CCCC2)cn1)c1cccc(Cl)c1. The van der Waals surface area contributed by atoms with Crippen LogP contribution in [0.25, 0.3) is 0 Å². The zero-order chi connectivity index (χ0) is 15.4. The van der Waals surface area contributed by atoms with E-state index in [0.717, 1.165) is 5.69 Å². The van der Waals surface area contributed by atoms with Crippen molar-refractivity contribution >= 4 is 29.0 Å². The molecule has 22 heavy (non-hydrogen) atoms. The van der Waals surface area contributed by atoms with Crippen LogP contribution in [0.5, 0.6) is 0 Å². The maximum absolute atomic E-state index is 12.1. The van der Waals surface area contributed by atoms with Gasteiger partial charge in [0.1, 0.15) is 5.82 Å². The first-order chi connectivity index (χ1) is 10.7. The van der Waals surface area contributed by atoms with Gasteiger partial charge in [0, 0.05) is 16.6 Å². The van der Waals surface area contributed by atoms with Crippen molar-refractivity contribution in [1.29, 1.82) is 0 Å². The number of nitrogens with one attached hydrogen (secondary N) is 2. The predicted octanol–water partition coefficient (Wildman–Crippen LogP) is 4.34. The normalized spacial score (nSPS) is 14.8. The Morgan fingerprint density at radius 1 is 1.18 bits per heavy atom. The number of carbonyl (C=O) groups excluding carboxylic acids is 1. The Balaban J connectivity index is 1.61. The van der Waals surface area contributed by atoms with Crippen molar-refractivity contribution in [2.75, 3.05) is 10.6 Å². The second kappa shape index (κ2) is 6.79. The lowest BCUT2D eigenvalue weighted by Crippen LogP contribution is -2.15. The molecule has 1 aliphatic rings. The predicted molar refractivity (Wildman–Crippen MR) is 89.5 cm³/mol. The molecule has 5 heteroatoms. The molecule has 1 amide bonds. The minimum atomic E-state index is -0.216. The van der Waals surface area contributed by atoms with Crippen molar-refractivity contribution in [3.63, 3.8) is 0 Å². The Morgan fingerprint density at radius 3 is 2.68 bits per heavy atom. The average Bonchev–Trinajstić information content (AvgIpc) is 3.02. The van der Waals surface area contributed by atoms with E-state index in [1.165, 1.54) is 25.7 Å². The van der Waals surface area contributed by atoms with Gasteiger partial charge < -0.3 is 10.6 Å². The van der Waals surface area contributed by atoms with Crippen LogP contribution in [0.3, 0.4) is 0 Å². The summed E-state index contributed by atoms with van der Waals surface area (Å²) in [6.07, 6.45) is 6.77. The molecule has 0 atom stereocenters. The molecule has 1 aliphatic carbocycles. The van der Waals surface area contributed by atoms with Gasteiger partial charge in [0.25, 0.3) is 5.91 Å². The molecule has 0 aliphatic heterocycles. The molecule has 2 N–H and O–H groups in total. The van der Waals surface area contributed by atoms with Gasteiger partial charge in [0.15, 0.2) is 0 Å². The Labute approximate surface area is 134 Å². The first-order valence-electron chi connectivity index (χ1n) is 7.50. The Kier molecular flexibility index (Phi) is 4.59. The number of hydrogen-bond acceptors (Lipinski definition) is 3. The van der Waals surface area contributed by atoms with Crippen molar-refractivity contribution in [2.24, 2.45) is 0 Å². The quantitative estimate of drug-likeness (QED) is 0.882. The summed E-state index contributed by atoms with van der Waals surface area (Å²) in [4.78, 5) is 16.4. The van der Waals surface area contributed by atoms with Gasteiger partial charge >= 0.3 is 0 Å². The van der Waals surface area contributed by atoms with Crippen LogP contribution < -0.4 is 10.6 Å². The molecule has 0 saturated heterocycles. The van der Waals surface area contributed by atoms with E-state index in [1.807, 2.05) is 6.07 Å². The fraction of sp³-hybridized carbons (Fsp3) is 0.294. The molecule has 1 aromatic heterocycles. The third-order valence-electron chi connectivity index (χ3n) is 3.82. The second-order valence-electron chi connectivity index (χ2n) is 5.52. The van der Waals surface area contributed by atoms with E-state index < -0.39 is 0 Å². The van der Waals surface area contributed by atoms with E-state index in [4.69, 9.17) is 11.6 Å². The maximum atomic E-state index is 12.1. The van der Waals surface area contributed by atoms with Gasteiger partial charge in [-0.05, 0) is 43.2 Å². The van der Waals surface area contributed by atoms with E-state index in [1.54, 1.807) is 36.5 Å². The van der Waals surface area contributed by atoms with Gasteiger partial charge in [-0.1, -0.05) is 30.5 Å². The summed E-state index contributed by atoms with van der Waals surface area (Å²) < 4.78 is 0. The number of halogens is 1. The van der Waals surface area contributed by atoms with Crippen LogP contribution in [0, 0.1) is 0 Å². The fourth-order valence-electron chi connectivity index (χ4n) is 2.68. The number of hydrogen-bond donors (Lipinski definition) is 2. The molecule has 2 aromatic rings. The van der Waals surface area contributed by atoms with E-state index in [2.05, 4.69) is 15.6 Å². The highest BCUT2D eigenvalue weighted by molar-refractivity contribution is 6.31. The summed E-state index contributed by atoms with van der Waals surface area (Å²) in [5, 5.41) is 6.78. The number of rotatable bonds is 4. The first-order valence-corrected chi connectivity index (χ1v) is 7.88. The summed E-state index contributed by atoms with van der Waals surface area (Å²) in [7, 11) is 0. The molecule has 0 bridgehead atoms. The molecule has 0 spiro atoms. The molecule has 0 radical (unpaired) electrons. The standard InChI is InChI=1S/C17H18ClN3O/c18-13-5-3-4-12(10-13)17(22)21-16-9-8-15(11-19-16)20-14-6-1-2-7-14/h3-5,8-11,14,20H,1-2,6-7H2,(H,19,21,22). The molecule has 114 valence electrons. The van der Waals surface area contributed by atoms with Gasteiger partial charge in [-0.25, -0.2) is 4.98 Å². The van der Waals surface area contributed by atoms with Gasteiger partial charge in [-0.3, -0.25) is 4.79 Å². The van der Waals surface area contributed by atoms with Gasteiger partial charge in [0.2, 0.25) is 0 Å². The third kappa shape index (κ3) is 3.77. The molecular weight excluding hydrogens is 298 g/mol. The zero-order valence-corrected chi connectivity index (χ0v) is 12.9. The number of amides is 1. The molecule has 3 rings (SSSR count). The number of nitrogens with zero attached hydrogens (tertiary/aromatic N) is 1. The summed E-state index contributed by atoms with van der Waals surface area (Å²) in [5.41, 5.74) is 1.51. The van der Waals surface area contributed by atoms with Gasteiger partial charge in [-0.2, -0.15) is 0 Å². The smallest absolute Gasteiger partial charge is 0.256 e. The minimum absolute atomic E-state index is 0.216. The molecule has 0 unspecified atom stereocenters. The second-order valence-corrected chi connectivity index (χ2v) is 5.96. The zero-order valence-electron chi connectivity index (χ0n) is 12.2. The first kappa shape index (κ1) is 14.9. The summed E-state index contributed by atoms with van der Waals surface area (Å²) in [5.74, 6) is 0.313. The summed E-state index contributed by atoms with van der Waals surface area (Å²) >= 11 is 5.89. The van der Waals surface area contributed by atoms with Crippen molar-refractivity contribution in [3.05, 3.63) is 53.2 Å². The fourth-order valence-corrected chi connectivity index (χ4v) is 2.87. The number of anilines is 2. The topological polar surface area (TPSA) is 54.0 Å². The summed E-state index contributed by atoms with van der Waals surface area (Å²) in [6.45, 7) is 0. The lowest BCUT2D eigenvalue weighted by Gasteiger charge is -2.13. The van der Waals surface area contributed by atoms with Crippen LogP contribution in [0.4, 0.5) is 11.5 Å². The van der Waals surface area contributed by atoms with Crippen LogP contribution in [0.2, 0.25) is 5.02 Å². The monoisotopic (exact) mass is 315 g/mol. The van der Waals surface area contributed by atoms with Crippen LogP contribution in [0.1, 0.15) is 36.0 Å². The third-order valence-corrected chi connectivity index (χ3v) is 4.05.